The van der Waals surface area contributed by atoms with Crippen LogP contribution in [0.3, 0.4) is 0 Å². The second kappa shape index (κ2) is 6.35. The monoisotopic (exact) mass is 240 g/mol. The molecule has 94 valence electrons. The molecule has 0 fully saturated rings. The molecule has 0 spiro atoms. The van der Waals surface area contributed by atoms with Crippen LogP contribution in [0.2, 0.25) is 0 Å². The van der Waals surface area contributed by atoms with Crippen LogP contribution in [0.1, 0.15) is 30.6 Å². The number of rotatable bonds is 6. The van der Waals surface area contributed by atoms with Gasteiger partial charge in [0.15, 0.2) is 17.3 Å². The highest BCUT2D eigenvalue weighted by molar-refractivity contribution is 5.97. The molecule has 0 saturated heterocycles. The molecule has 0 aromatic heterocycles. The van der Waals surface area contributed by atoms with Gasteiger partial charge in [-0.05, 0) is 31.5 Å². The van der Waals surface area contributed by atoms with Crippen molar-refractivity contribution >= 4 is 5.78 Å². The Bertz CT molecular complexity index is 390. The van der Waals surface area contributed by atoms with Crippen molar-refractivity contribution in [2.45, 2.75) is 26.4 Å². The van der Waals surface area contributed by atoms with Crippen LogP contribution in [0.15, 0.2) is 18.2 Å². The van der Waals surface area contributed by atoms with E-state index in [-0.39, 0.29) is 24.2 Å². The molecule has 0 heterocycles. The standard InChI is InChI=1S/C13H17FO3/c1-4-9(2)17-8-12(15)10-5-6-13(16-3)11(14)7-10/h5-7,9H,4,8H2,1-3H3. The number of Topliss-reactive ketones (excluding diaryl/α,β-unsaturated/α-hetero) is 1. The first-order valence-electron chi connectivity index (χ1n) is 5.56. The fourth-order valence-corrected chi connectivity index (χ4v) is 1.26. The third-order valence-electron chi connectivity index (χ3n) is 2.55. The van der Waals surface area contributed by atoms with Crippen LogP contribution in [0.25, 0.3) is 0 Å². The quantitative estimate of drug-likeness (QED) is 0.717. The summed E-state index contributed by atoms with van der Waals surface area (Å²) < 4.78 is 23.4. The number of methoxy groups -OCH3 is 1. The Morgan fingerprint density at radius 2 is 2.18 bits per heavy atom. The van der Waals surface area contributed by atoms with Gasteiger partial charge in [-0.2, -0.15) is 0 Å². The summed E-state index contributed by atoms with van der Waals surface area (Å²) >= 11 is 0. The molecule has 0 aliphatic rings. The normalized spacial score (nSPS) is 12.2. The molecule has 0 aliphatic heterocycles. The Morgan fingerprint density at radius 3 is 2.71 bits per heavy atom. The fourth-order valence-electron chi connectivity index (χ4n) is 1.26. The van der Waals surface area contributed by atoms with E-state index in [2.05, 4.69) is 0 Å². The molecule has 1 atom stereocenters. The van der Waals surface area contributed by atoms with Gasteiger partial charge in [0.2, 0.25) is 0 Å². The minimum atomic E-state index is -0.540. The molecule has 0 saturated carbocycles. The first-order valence-corrected chi connectivity index (χ1v) is 5.56. The topological polar surface area (TPSA) is 35.5 Å². The van der Waals surface area contributed by atoms with Gasteiger partial charge in [-0.1, -0.05) is 6.92 Å². The summed E-state index contributed by atoms with van der Waals surface area (Å²) in [6.07, 6.45) is 0.867. The van der Waals surface area contributed by atoms with Crippen LogP contribution < -0.4 is 4.74 Å². The number of halogens is 1. The minimum absolute atomic E-state index is 0.0270. The summed E-state index contributed by atoms with van der Waals surface area (Å²) in [6.45, 7) is 3.84. The molecule has 1 rings (SSSR count). The fraction of sp³-hybridized carbons (Fsp3) is 0.462. The van der Waals surface area contributed by atoms with Crippen molar-refractivity contribution in [3.63, 3.8) is 0 Å². The molecule has 0 bridgehead atoms. The number of ether oxygens (including phenoxy) is 2. The van der Waals surface area contributed by atoms with Crippen LogP contribution in [0.4, 0.5) is 4.39 Å². The molecule has 17 heavy (non-hydrogen) atoms. The zero-order chi connectivity index (χ0) is 12.8. The molecular formula is C13H17FO3. The Labute approximate surface area is 101 Å². The number of carbonyl (C=O) groups excluding carboxylic acids is 1. The van der Waals surface area contributed by atoms with Gasteiger partial charge < -0.3 is 9.47 Å². The predicted octanol–water partition coefficient (Wildman–Crippen LogP) is 2.83. The zero-order valence-electron chi connectivity index (χ0n) is 10.3. The number of hydrogen-bond acceptors (Lipinski definition) is 3. The molecular weight excluding hydrogens is 223 g/mol. The van der Waals surface area contributed by atoms with E-state index in [9.17, 15) is 9.18 Å². The number of ketones is 1. The zero-order valence-corrected chi connectivity index (χ0v) is 10.3. The highest BCUT2D eigenvalue weighted by atomic mass is 19.1. The van der Waals surface area contributed by atoms with E-state index < -0.39 is 5.82 Å². The summed E-state index contributed by atoms with van der Waals surface area (Å²) in [7, 11) is 1.38. The van der Waals surface area contributed by atoms with Gasteiger partial charge in [0.05, 0.1) is 13.2 Å². The molecule has 1 unspecified atom stereocenters. The van der Waals surface area contributed by atoms with Gasteiger partial charge in [0.1, 0.15) is 6.61 Å². The first kappa shape index (κ1) is 13.6. The second-order valence-corrected chi connectivity index (χ2v) is 3.80. The molecule has 0 amide bonds. The average molecular weight is 240 g/mol. The summed E-state index contributed by atoms with van der Waals surface area (Å²) in [5, 5.41) is 0. The van der Waals surface area contributed by atoms with Crippen molar-refractivity contribution in [3.8, 4) is 5.75 Å². The average Bonchev–Trinajstić information content (AvgIpc) is 2.35. The SMILES string of the molecule is CCC(C)OCC(=O)c1ccc(OC)c(F)c1. The molecule has 0 aliphatic carbocycles. The molecule has 0 N–H and O–H groups in total. The molecule has 1 aromatic rings. The van der Waals surface area contributed by atoms with Crippen molar-refractivity contribution < 1.29 is 18.7 Å². The van der Waals surface area contributed by atoms with Crippen LogP contribution in [0, 0.1) is 5.82 Å². The molecule has 0 radical (unpaired) electrons. The molecule has 4 heteroatoms. The highest BCUT2D eigenvalue weighted by Gasteiger charge is 2.11. The van der Waals surface area contributed by atoms with Crippen molar-refractivity contribution in [1.82, 2.24) is 0 Å². The van der Waals surface area contributed by atoms with Crippen LogP contribution >= 0.6 is 0 Å². The number of carbonyl (C=O) groups is 1. The maximum atomic E-state index is 13.4. The number of benzene rings is 1. The summed E-state index contributed by atoms with van der Waals surface area (Å²) in [5.41, 5.74) is 0.298. The Balaban J connectivity index is 2.66. The van der Waals surface area contributed by atoms with E-state index in [4.69, 9.17) is 9.47 Å². The second-order valence-electron chi connectivity index (χ2n) is 3.80. The maximum Gasteiger partial charge on any atom is 0.188 e. The van der Waals surface area contributed by atoms with Gasteiger partial charge >= 0.3 is 0 Å². The highest BCUT2D eigenvalue weighted by Crippen LogP contribution is 2.18. The Hall–Kier alpha value is -1.42. The molecule has 1 aromatic carbocycles. The van der Waals surface area contributed by atoms with E-state index in [1.807, 2.05) is 13.8 Å². The lowest BCUT2D eigenvalue weighted by atomic mass is 10.1. The van der Waals surface area contributed by atoms with E-state index in [0.717, 1.165) is 6.42 Å². The van der Waals surface area contributed by atoms with Crippen LogP contribution in [-0.2, 0) is 4.74 Å². The first-order chi connectivity index (χ1) is 8.08. The van der Waals surface area contributed by atoms with E-state index in [1.165, 1.54) is 25.3 Å². The van der Waals surface area contributed by atoms with E-state index in [0.29, 0.717) is 5.56 Å². The van der Waals surface area contributed by atoms with Gasteiger partial charge in [0.25, 0.3) is 0 Å². The van der Waals surface area contributed by atoms with Crippen molar-refractivity contribution in [3.05, 3.63) is 29.6 Å². The lowest BCUT2D eigenvalue weighted by Gasteiger charge is -2.10. The number of hydrogen-bond donors (Lipinski definition) is 0. The van der Waals surface area contributed by atoms with Crippen molar-refractivity contribution in [1.29, 1.82) is 0 Å². The molecule has 3 nitrogen and oxygen atoms in total. The third kappa shape index (κ3) is 3.82. The summed E-state index contributed by atoms with van der Waals surface area (Å²) in [4.78, 5) is 11.7. The van der Waals surface area contributed by atoms with E-state index in [1.54, 1.807) is 0 Å². The van der Waals surface area contributed by atoms with Gasteiger partial charge in [0, 0.05) is 5.56 Å². The van der Waals surface area contributed by atoms with Crippen molar-refractivity contribution in [2.75, 3.05) is 13.7 Å². The largest absolute Gasteiger partial charge is 0.494 e. The lowest BCUT2D eigenvalue weighted by Crippen LogP contribution is -2.15. The lowest BCUT2D eigenvalue weighted by molar-refractivity contribution is 0.0511. The van der Waals surface area contributed by atoms with Crippen LogP contribution in [-0.4, -0.2) is 25.6 Å². The van der Waals surface area contributed by atoms with E-state index >= 15 is 0 Å². The third-order valence-corrected chi connectivity index (χ3v) is 2.55. The van der Waals surface area contributed by atoms with Gasteiger partial charge in [-0.15, -0.1) is 0 Å². The van der Waals surface area contributed by atoms with Crippen LogP contribution in [0.5, 0.6) is 5.75 Å². The smallest absolute Gasteiger partial charge is 0.188 e. The minimum Gasteiger partial charge on any atom is -0.494 e. The van der Waals surface area contributed by atoms with Gasteiger partial charge in [-0.25, -0.2) is 4.39 Å². The van der Waals surface area contributed by atoms with Crippen molar-refractivity contribution in [2.24, 2.45) is 0 Å². The summed E-state index contributed by atoms with van der Waals surface area (Å²) in [5.74, 6) is -0.641. The Morgan fingerprint density at radius 1 is 1.47 bits per heavy atom. The predicted molar refractivity (Wildman–Crippen MR) is 63.0 cm³/mol. The Kier molecular flexibility index (Phi) is 5.10. The van der Waals surface area contributed by atoms with Gasteiger partial charge in [-0.3, -0.25) is 4.79 Å². The summed E-state index contributed by atoms with van der Waals surface area (Å²) in [6, 6.07) is 4.14. The maximum absolute atomic E-state index is 13.4.